The van der Waals surface area contributed by atoms with E-state index < -0.39 is 81.2 Å². The van der Waals surface area contributed by atoms with Crippen LogP contribution < -0.4 is 10.6 Å². The summed E-state index contributed by atoms with van der Waals surface area (Å²) in [7, 11) is 6.58. The smallest absolute Gasteiger partial charge is 0.279 e. The summed E-state index contributed by atoms with van der Waals surface area (Å²) in [5.41, 5.74) is -3.85. The van der Waals surface area contributed by atoms with Crippen molar-refractivity contribution in [2.45, 2.75) is 70.7 Å². The molecule has 10 rings (SSSR count). The summed E-state index contributed by atoms with van der Waals surface area (Å²) in [5, 5.41) is 43.9. The van der Waals surface area contributed by atoms with Gasteiger partial charge in [0.25, 0.3) is 29.4 Å². The van der Waals surface area contributed by atoms with E-state index in [4.69, 9.17) is 4.74 Å². The Bertz CT molecular complexity index is 1900. The van der Waals surface area contributed by atoms with Gasteiger partial charge in [-0.2, -0.15) is 0 Å². The highest BCUT2D eigenvalue weighted by Crippen LogP contribution is 2.76. The zero-order valence-electron chi connectivity index (χ0n) is 27.3. The van der Waals surface area contributed by atoms with Crippen LogP contribution in [-0.4, -0.2) is 132 Å². The van der Waals surface area contributed by atoms with Crippen molar-refractivity contribution in [3.63, 3.8) is 0 Å². The van der Waals surface area contributed by atoms with Gasteiger partial charge in [0.05, 0.1) is 17.4 Å². The van der Waals surface area contributed by atoms with Crippen LogP contribution >= 0.6 is 21.6 Å². The number of carbonyl (C=O) groups is 4. The number of benzene rings is 2. The Kier molecular flexibility index (Phi) is 6.04. The molecule has 8 aliphatic heterocycles. The fourth-order valence-corrected chi connectivity index (χ4v) is 14.7. The molecule has 4 amide bonds. The number of amides is 4. The number of methoxy groups -OCH3 is 1. The van der Waals surface area contributed by atoms with Crippen molar-refractivity contribution in [1.82, 2.24) is 19.6 Å². The van der Waals surface area contributed by atoms with Crippen molar-refractivity contribution in [2.75, 3.05) is 38.4 Å². The molecule has 16 heteroatoms. The quantitative estimate of drug-likeness (QED) is 0.267. The number of anilines is 2. The van der Waals surface area contributed by atoms with Gasteiger partial charge in [-0.15, -0.1) is 0 Å². The number of hydrogen-bond donors (Lipinski definition) is 5. The van der Waals surface area contributed by atoms with Crippen LogP contribution in [0.25, 0.3) is 0 Å². The lowest BCUT2D eigenvalue weighted by Crippen LogP contribution is -2.79. The maximum atomic E-state index is 15.1. The molecule has 6 saturated heterocycles. The van der Waals surface area contributed by atoms with E-state index in [1.165, 1.54) is 39.7 Å². The van der Waals surface area contributed by atoms with Gasteiger partial charge in [-0.3, -0.25) is 29.0 Å². The van der Waals surface area contributed by atoms with E-state index >= 15 is 4.79 Å². The molecule has 0 aliphatic carbocycles. The Morgan fingerprint density at radius 2 is 1.37 bits per heavy atom. The Hall–Kier alpha value is -3.54. The first-order valence-corrected chi connectivity index (χ1v) is 18.3. The summed E-state index contributed by atoms with van der Waals surface area (Å²) in [5.74, 6) is -2.59. The van der Waals surface area contributed by atoms with Crippen molar-refractivity contribution in [1.29, 1.82) is 0 Å². The Morgan fingerprint density at radius 1 is 0.816 bits per heavy atom. The molecule has 14 nitrogen and oxygen atoms in total. The van der Waals surface area contributed by atoms with Gasteiger partial charge in [-0.25, -0.2) is 0 Å². The van der Waals surface area contributed by atoms with Gasteiger partial charge in [-0.1, -0.05) is 61.0 Å². The minimum atomic E-state index is -2.32. The molecular weight excluding hydrogens is 673 g/mol. The molecule has 1 spiro atoms. The van der Waals surface area contributed by atoms with E-state index in [9.17, 15) is 29.7 Å². The van der Waals surface area contributed by atoms with Crippen LogP contribution in [0.3, 0.4) is 0 Å². The zero-order valence-corrected chi connectivity index (χ0v) is 28.9. The Labute approximate surface area is 289 Å². The third kappa shape index (κ3) is 2.79. The van der Waals surface area contributed by atoms with Gasteiger partial charge in [0.1, 0.15) is 30.6 Å². The molecule has 8 heterocycles. The molecule has 2 aromatic rings. The summed E-state index contributed by atoms with van der Waals surface area (Å²) in [4.78, 5) is 61.0. The SMILES string of the molecule is COC12C(=O)N(C)C(CO)C(=O)N1C1Nc3ccccc3C1(C13c4ccccc4NC1N1C(=O)C4(C(C)C)SSC1(C(=O)N4C)C3O)C2O. The van der Waals surface area contributed by atoms with Crippen LogP contribution in [0.2, 0.25) is 0 Å². The van der Waals surface area contributed by atoms with Crippen LogP contribution in [-0.2, 0) is 34.7 Å². The molecule has 2 bridgehead atoms. The lowest BCUT2D eigenvalue weighted by atomic mass is 9.51. The van der Waals surface area contributed by atoms with Gasteiger partial charge in [-0.05, 0) is 40.0 Å². The van der Waals surface area contributed by atoms with E-state index in [0.717, 1.165) is 15.7 Å². The van der Waals surface area contributed by atoms with E-state index in [1.807, 2.05) is 19.9 Å². The third-order valence-corrected chi connectivity index (χ3v) is 16.4. The molecular formula is C33H36N6O8S2. The predicted molar refractivity (Wildman–Crippen MR) is 178 cm³/mol. The summed E-state index contributed by atoms with van der Waals surface area (Å²) in [6.07, 6.45) is -5.95. The highest BCUT2D eigenvalue weighted by atomic mass is 33.1. The second-order valence-electron chi connectivity index (χ2n) is 14.2. The number of carbonyl (C=O) groups excluding carboxylic acids is 4. The first-order valence-electron chi connectivity index (χ1n) is 16.2. The van der Waals surface area contributed by atoms with Crippen molar-refractivity contribution < 1.29 is 39.2 Å². The van der Waals surface area contributed by atoms with Crippen LogP contribution in [0.15, 0.2) is 48.5 Å². The number of rotatable bonds is 4. The number of nitrogens with zero attached hydrogens (tertiary/aromatic N) is 4. The molecule has 49 heavy (non-hydrogen) atoms. The number of piperazine rings is 2. The minimum Gasteiger partial charge on any atom is -0.394 e. The van der Waals surface area contributed by atoms with Crippen molar-refractivity contribution in [3.05, 3.63) is 59.7 Å². The topological polar surface area (TPSA) is 175 Å². The molecule has 0 aromatic heterocycles. The third-order valence-electron chi connectivity index (χ3n) is 12.5. The number of aliphatic hydroxyl groups excluding tert-OH is 3. The number of para-hydroxylation sites is 2. The number of aliphatic hydroxyl groups is 3. The van der Waals surface area contributed by atoms with E-state index in [2.05, 4.69) is 10.6 Å². The van der Waals surface area contributed by atoms with Crippen LogP contribution in [0, 0.1) is 5.92 Å². The van der Waals surface area contributed by atoms with Crippen molar-refractivity contribution >= 4 is 56.6 Å². The molecule has 8 aliphatic rings. The number of nitrogens with one attached hydrogen (secondary N) is 2. The van der Waals surface area contributed by atoms with Gasteiger partial charge < -0.3 is 40.5 Å². The molecule has 258 valence electrons. The first kappa shape index (κ1) is 31.4. The van der Waals surface area contributed by atoms with Crippen molar-refractivity contribution in [2.24, 2.45) is 5.92 Å². The number of hydrogen-bond acceptors (Lipinski definition) is 12. The first-order chi connectivity index (χ1) is 23.3. The average molecular weight is 709 g/mol. The summed E-state index contributed by atoms with van der Waals surface area (Å²) in [6, 6.07) is 13.0. The van der Waals surface area contributed by atoms with Crippen LogP contribution in [0.5, 0.6) is 0 Å². The van der Waals surface area contributed by atoms with Gasteiger partial charge in [0.2, 0.25) is 4.87 Å². The predicted octanol–water partition coefficient (Wildman–Crippen LogP) is -0.137. The van der Waals surface area contributed by atoms with E-state index in [0.29, 0.717) is 22.5 Å². The van der Waals surface area contributed by atoms with Gasteiger partial charge in [0.15, 0.2) is 4.87 Å². The van der Waals surface area contributed by atoms with Gasteiger partial charge >= 0.3 is 0 Å². The maximum Gasteiger partial charge on any atom is 0.279 e. The normalized spacial score (nSPS) is 42.6. The zero-order chi connectivity index (χ0) is 34.8. The van der Waals surface area contributed by atoms with E-state index in [-0.39, 0.29) is 11.8 Å². The number of ether oxygens (including phenoxy) is 1. The molecule has 2 aromatic carbocycles. The molecule has 10 unspecified atom stereocenters. The standard InChI is InChI=1S/C33H36N6O8S2/c1-15(2)32-28(46)39-25-30(17-11-7-9-13-19(17)35-25,23(43)33(39,49-48-32)27(45)37(32)4)29-16-10-6-8-12-18(16)34-24(29)38-21(41)20(14-40)36(3)26(44)31(38,47-5)22(29)42/h6-13,15,20,22-25,34-35,40,42-43H,14H2,1-5H3. The second-order valence-corrected chi connectivity index (χ2v) is 16.8. The molecule has 5 N–H and O–H groups in total. The average Bonchev–Trinajstić information content (AvgIpc) is 3.74. The number of fused-ring (bicyclic) bond motifs is 11. The fourth-order valence-electron chi connectivity index (χ4n) is 10.5. The van der Waals surface area contributed by atoms with E-state index in [1.54, 1.807) is 49.5 Å². The molecule has 6 fully saturated rings. The molecule has 0 radical (unpaired) electrons. The largest absolute Gasteiger partial charge is 0.394 e. The Morgan fingerprint density at radius 3 is 1.92 bits per heavy atom. The minimum absolute atomic E-state index is 0.315. The summed E-state index contributed by atoms with van der Waals surface area (Å²) in [6.45, 7) is 3.07. The monoisotopic (exact) mass is 708 g/mol. The van der Waals surface area contributed by atoms with Crippen LogP contribution in [0.4, 0.5) is 11.4 Å². The van der Waals surface area contributed by atoms with Crippen LogP contribution in [0.1, 0.15) is 25.0 Å². The molecule has 10 atom stereocenters. The molecule has 0 saturated carbocycles. The number of likely N-dealkylation sites (N-methyl/N-ethyl adjacent to an activating group) is 2. The van der Waals surface area contributed by atoms with Gasteiger partial charge in [0, 0.05) is 32.6 Å². The Balaban J connectivity index is 1.42. The van der Waals surface area contributed by atoms with Crippen molar-refractivity contribution in [3.8, 4) is 0 Å². The summed E-state index contributed by atoms with van der Waals surface area (Å²) < 4.78 is 6.03. The highest BCUT2D eigenvalue weighted by Gasteiger charge is 2.92. The highest BCUT2D eigenvalue weighted by molar-refractivity contribution is 8.78. The maximum absolute atomic E-state index is 15.1. The lowest BCUT2D eigenvalue weighted by molar-refractivity contribution is -0.218. The second kappa shape index (κ2) is 9.41. The summed E-state index contributed by atoms with van der Waals surface area (Å²) >= 11 is 0. The fraction of sp³-hybridized carbons (Fsp3) is 0.515. The lowest BCUT2D eigenvalue weighted by Gasteiger charge is -2.60.